The SMILES string of the molecule is CCc1cccc2c(C(=O)COC(=O)CNC(=O)c3cc(OC)c(OC)c(OC)c3)c[nH]c12. The largest absolute Gasteiger partial charge is 0.493 e. The highest BCUT2D eigenvalue weighted by molar-refractivity contribution is 6.09. The van der Waals surface area contributed by atoms with Gasteiger partial charge < -0.3 is 29.2 Å². The van der Waals surface area contributed by atoms with E-state index in [1.54, 1.807) is 6.20 Å². The number of H-pyrrole nitrogens is 1. The molecule has 3 aromatic rings. The van der Waals surface area contributed by atoms with Gasteiger partial charge in [0.25, 0.3) is 5.91 Å². The van der Waals surface area contributed by atoms with Crippen LogP contribution in [-0.2, 0) is 16.0 Å². The first-order chi connectivity index (χ1) is 15.9. The number of benzene rings is 2. The molecule has 0 unspecified atom stereocenters. The molecule has 0 aliphatic rings. The molecule has 9 heteroatoms. The lowest BCUT2D eigenvalue weighted by Gasteiger charge is -2.14. The van der Waals surface area contributed by atoms with Crippen LogP contribution in [0.25, 0.3) is 10.9 Å². The Hall–Kier alpha value is -4.01. The number of fused-ring (bicyclic) bond motifs is 1. The van der Waals surface area contributed by atoms with Gasteiger partial charge in [-0.15, -0.1) is 0 Å². The minimum atomic E-state index is -0.738. The number of ketones is 1. The minimum Gasteiger partial charge on any atom is -0.493 e. The third-order valence-electron chi connectivity index (χ3n) is 5.17. The van der Waals surface area contributed by atoms with E-state index in [-0.39, 0.29) is 11.3 Å². The van der Waals surface area contributed by atoms with Crippen molar-refractivity contribution in [3.05, 3.63) is 53.2 Å². The molecule has 174 valence electrons. The number of carbonyl (C=O) groups excluding carboxylic acids is 3. The molecule has 0 fully saturated rings. The van der Waals surface area contributed by atoms with Gasteiger partial charge in [0.05, 0.1) is 21.3 Å². The van der Waals surface area contributed by atoms with Crippen molar-refractivity contribution in [2.24, 2.45) is 0 Å². The summed E-state index contributed by atoms with van der Waals surface area (Å²) in [7, 11) is 4.32. The second-order valence-corrected chi connectivity index (χ2v) is 7.08. The fourth-order valence-corrected chi connectivity index (χ4v) is 3.48. The second-order valence-electron chi connectivity index (χ2n) is 7.08. The molecule has 0 spiro atoms. The van der Waals surface area contributed by atoms with Crippen LogP contribution >= 0.6 is 0 Å². The summed E-state index contributed by atoms with van der Waals surface area (Å²) in [5.41, 5.74) is 2.65. The van der Waals surface area contributed by atoms with Crippen LogP contribution in [0, 0.1) is 0 Å². The number of ether oxygens (including phenoxy) is 4. The summed E-state index contributed by atoms with van der Waals surface area (Å²) in [5, 5.41) is 3.24. The quantitative estimate of drug-likeness (QED) is 0.357. The Balaban J connectivity index is 1.59. The number of rotatable bonds is 10. The fourth-order valence-electron chi connectivity index (χ4n) is 3.48. The van der Waals surface area contributed by atoms with Gasteiger partial charge in [-0.2, -0.15) is 0 Å². The maximum Gasteiger partial charge on any atom is 0.325 e. The first-order valence-corrected chi connectivity index (χ1v) is 10.3. The van der Waals surface area contributed by atoms with E-state index >= 15 is 0 Å². The molecule has 0 atom stereocenters. The zero-order valence-corrected chi connectivity index (χ0v) is 18.9. The van der Waals surface area contributed by atoms with Crippen molar-refractivity contribution in [1.82, 2.24) is 10.3 Å². The van der Waals surface area contributed by atoms with Crippen molar-refractivity contribution < 1.29 is 33.3 Å². The molecule has 3 rings (SSSR count). The van der Waals surface area contributed by atoms with E-state index in [1.165, 1.54) is 33.5 Å². The number of esters is 1. The van der Waals surface area contributed by atoms with E-state index in [4.69, 9.17) is 18.9 Å². The summed E-state index contributed by atoms with van der Waals surface area (Å²) in [5.74, 6) is -0.656. The number of aromatic amines is 1. The number of methoxy groups -OCH3 is 3. The first-order valence-electron chi connectivity index (χ1n) is 10.3. The van der Waals surface area contributed by atoms with Gasteiger partial charge in [-0.3, -0.25) is 14.4 Å². The van der Waals surface area contributed by atoms with Gasteiger partial charge in [0.15, 0.2) is 18.1 Å². The zero-order valence-electron chi connectivity index (χ0n) is 18.9. The van der Waals surface area contributed by atoms with Crippen LogP contribution in [0.15, 0.2) is 36.5 Å². The molecule has 0 aliphatic heterocycles. The molecule has 1 aromatic heterocycles. The van der Waals surface area contributed by atoms with Gasteiger partial charge in [0.2, 0.25) is 11.5 Å². The predicted molar refractivity (Wildman–Crippen MR) is 121 cm³/mol. The molecular weight excluding hydrogens is 428 g/mol. The van der Waals surface area contributed by atoms with Crippen LogP contribution in [-0.4, -0.2) is 57.1 Å². The molecule has 2 N–H and O–H groups in total. The number of Topliss-reactive ketones (excluding diaryl/α,β-unsaturated/α-hetero) is 1. The lowest BCUT2D eigenvalue weighted by atomic mass is 10.1. The highest BCUT2D eigenvalue weighted by Gasteiger charge is 2.19. The first kappa shape index (κ1) is 23.6. The molecule has 33 heavy (non-hydrogen) atoms. The Morgan fingerprint density at radius 1 is 1.00 bits per heavy atom. The molecule has 0 aliphatic carbocycles. The summed E-state index contributed by atoms with van der Waals surface area (Å²) in [6.07, 6.45) is 2.44. The van der Waals surface area contributed by atoms with Crippen LogP contribution in [0.5, 0.6) is 17.2 Å². The molecule has 0 saturated heterocycles. The lowest BCUT2D eigenvalue weighted by Crippen LogP contribution is -2.31. The lowest BCUT2D eigenvalue weighted by molar-refractivity contribution is -0.141. The van der Waals surface area contributed by atoms with E-state index in [9.17, 15) is 14.4 Å². The van der Waals surface area contributed by atoms with Crippen molar-refractivity contribution in [2.45, 2.75) is 13.3 Å². The molecular formula is C24H26N2O7. The number of aromatic nitrogens is 1. The summed E-state index contributed by atoms with van der Waals surface area (Å²) in [4.78, 5) is 40.2. The fraction of sp³-hybridized carbons (Fsp3) is 0.292. The summed E-state index contributed by atoms with van der Waals surface area (Å²) in [6.45, 7) is 1.20. The molecule has 1 amide bonds. The van der Waals surface area contributed by atoms with E-state index in [0.717, 1.165) is 22.9 Å². The number of hydrogen-bond acceptors (Lipinski definition) is 7. The Morgan fingerprint density at radius 2 is 1.70 bits per heavy atom. The van der Waals surface area contributed by atoms with Crippen LogP contribution in [0.3, 0.4) is 0 Å². The number of amides is 1. The van der Waals surface area contributed by atoms with Gasteiger partial charge in [0.1, 0.15) is 6.54 Å². The highest BCUT2D eigenvalue weighted by Crippen LogP contribution is 2.38. The van der Waals surface area contributed by atoms with Gasteiger partial charge in [-0.25, -0.2) is 0 Å². The molecule has 2 aromatic carbocycles. The topological polar surface area (TPSA) is 116 Å². The highest BCUT2D eigenvalue weighted by atomic mass is 16.5. The Morgan fingerprint density at radius 3 is 2.30 bits per heavy atom. The average Bonchev–Trinajstić information content (AvgIpc) is 3.29. The third kappa shape index (κ3) is 5.08. The van der Waals surface area contributed by atoms with Crippen LogP contribution in [0.1, 0.15) is 33.2 Å². The number of nitrogens with one attached hydrogen (secondary N) is 2. The second kappa shape index (κ2) is 10.5. The monoisotopic (exact) mass is 454 g/mol. The molecule has 1 heterocycles. The Bertz CT molecular complexity index is 1160. The smallest absolute Gasteiger partial charge is 0.325 e. The number of hydrogen-bond donors (Lipinski definition) is 2. The number of para-hydroxylation sites is 1. The average molecular weight is 454 g/mol. The number of aryl methyl sites for hydroxylation is 1. The Labute approximate surface area is 191 Å². The predicted octanol–water partition coefficient (Wildman–Crippen LogP) is 2.91. The van der Waals surface area contributed by atoms with Crippen LogP contribution < -0.4 is 19.5 Å². The van der Waals surface area contributed by atoms with Crippen molar-refractivity contribution >= 4 is 28.6 Å². The maximum absolute atomic E-state index is 12.6. The van der Waals surface area contributed by atoms with E-state index in [0.29, 0.717) is 22.8 Å². The van der Waals surface area contributed by atoms with Gasteiger partial charge in [0, 0.05) is 28.2 Å². The van der Waals surface area contributed by atoms with Gasteiger partial charge in [-0.05, 0) is 24.1 Å². The molecule has 0 bridgehead atoms. The summed E-state index contributed by atoms with van der Waals surface area (Å²) >= 11 is 0. The molecule has 9 nitrogen and oxygen atoms in total. The normalized spacial score (nSPS) is 10.5. The third-order valence-corrected chi connectivity index (χ3v) is 5.17. The van der Waals surface area contributed by atoms with Crippen LogP contribution in [0.4, 0.5) is 0 Å². The van der Waals surface area contributed by atoms with E-state index in [1.807, 2.05) is 25.1 Å². The summed E-state index contributed by atoms with van der Waals surface area (Å²) < 4.78 is 20.7. The zero-order chi connectivity index (χ0) is 24.0. The number of carbonyl (C=O) groups is 3. The van der Waals surface area contributed by atoms with Crippen molar-refractivity contribution in [1.29, 1.82) is 0 Å². The molecule has 0 saturated carbocycles. The van der Waals surface area contributed by atoms with Crippen molar-refractivity contribution in [3.8, 4) is 17.2 Å². The van der Waals surface area contributed by atoms with Crippen LogP contribution in [0.2, 0.25) is 0 Å². The Kier molecular flexibility index (Phi) is 7.55. The van der Waals surface area contributed by atoms with Gasteiger partial charge in [-0.1, -0.05) is 25.1 Å². The van der Waals surface area contributed by atoms with Gasteiger partial charge >= 0.3 is 5.97 Å². The van der Waals surface area contributed by atoms with Crippen molar-refractivity contribution in [3.63, 3.8) is 0 Å². The standard InChI is InChI=1S/C24H26N2O7/c1-5-14-7-6-8-16-17(11-25-22(14)16)18(27)13-33-21(28)12-26-24(29)15-9-19(30-2)23(32-4)20(10-15)31-3/h6-11,25H,5,12-13H2,1-4H3,(H,26,29). The van der Waals surface area contributed by atoms with Crippen molar-refractivity contribution in [2.75, 3.05) is 34.5 Å². The summed E-state index contributed by atoms with van der Waals surface area (Å²) in [6, 6.07) is 8.65. The minimum absolute atomic E-state index is 0.207. The van der Waals surface area contributed by atoms with E-state index in [2.05, 4.69) is 10.3 Å². The van der Waals surface area contributed by atoms with E-state index < -0.39 is 25.0 Å². The molecule has 0 radical (unpaired) electrons. The maximum atomic E-state index is 12.6.